The molecule has 1 saturated heterocycles. The number of anilines is 1. The molecule has 5 heteroatoms. The molecule has 27 heavy (non-hydrogen) atoms. The molecule has 1 fully saturated rings. The van der Waals surface area contributed by atoms with E-state index in [2.05, 4.69) is 28.4 Å². The zero-order valence-electron chi connectivity index (χ0n) is 16.0. The summed E-state index contributed by atoms with van der Waals surface area (Å²) in [6.45, 7) is 6.59. The van der Waals surface area contributed by atoms with Crippen LogP contribution in [0.25, 0.3) is 0 Å². The molecule has 2 aromatic carbocycles. The standard InChI is InChI=1S/C22H26N2O3/c1-15-10-16(2)12-18(11-15)23-22(25)14-24-7-3-4-19(24)17-5-6-20-21(13-17)27-9-8-26-20/h5-6,10-13,19H,3-4,7-9,14H2,1-2H3,(H,23,25)/t19-/m1/s1. The van der Waals surface area contributed by atoms with Gasteiger partial charge < -0.3 is 14.8 Å². The van der Waals surface area contributed by atoms with Crippen molar-refractivity contribution in [3.05, 3.63) is 53.1 Å². The van der Waals surface area contributed by atoms with Crippen LogP contribution in [0.2, 0.25) is 0 Å². The first-order chi connectivity index (χ1) is 13.1. The van der Waals surface area contributed by atoms with Crippen molar-refractivity contribution in [2.75, 3.05) is 31.6 Å². The minimum atomic E-state index is 0.0319. The number of hydrogen-bond acceptors (Lipinski definition) is 4. The van der Waals surface area contributed by atoms with Crippen LogP contribution < -0.4 is 14.8 Å². The summed E-state index contributed by atoms with van der Waals surface area (Å²) in [6.07, 6.45) is 2.15. The van der Waals surface area contributed by atoms with E-state index < -0.39 is 0 Å². The Labute approximate surface area is 160 Å². The number of ether oxygens (including phenoxy) is 2. The number of benzene rings is 2. The van der Waals surface area contributed by atoms with Gasteiger partial charge in [0, 0.05) is 11.7 Å². The highest BCUT2D eigenvalue weighted by Gasteiger charge is 2.28. The van der Waals surface area contributed by atoms with E-state index in [1.165, 1.54) is 5.56 Å². The molecule has 0 aliphatic carbocycles. The summed E-state index contributed by atoms with van der Waals surface area (Å²) in [5.74, 6) is 1.65. The van der Waals surface area contributed by atoms with Gasteiger partial charge in [-0.25, -0.2) is 0 Å². The van der Waals surface area contributed by atoms with Gasteiger partial charge in [-0.3, -0.25) is 9.69 Å². The molecule has 0 aromatic heterocycles. The summed E-state index contributed by atoms with van der Waals surface area (Å²) in [5.41, 5.74) is 4.37. The number of hydrogen-bond donors (Lipinski definition) is 1. The summed E-state index contributed by atoms with van der Waals surface area (Å²) in [5, 5.41) is 3.05. The summed E-state index contributed by atoms with van der Waals surface area (Å²) in [4.78, 5) is 14.9. The summed E-state index contributed by atoms with van der Waals surface area (Å²) in [7, 11) is 0. The smallest absolute Gasteiger partial charge is 0.238 e. The van der Waals surface area contributed by atoms with Gasteiger partial charge in [0.05, 0.1) is 6.54 Å². The molecule has 142 valence electrons. The SMILES string of the molecule is Cc1cc(C)cc(NC(=O)CN2CCC[C@@H]2c2ccc3c(c2)OCCO3)c1. The van der Waals surface area contributed by atoms with E-state index in [1.807, 2.05) is 32.0 Å². The van der Waals surface area contributed by atoms with Crippen LogP contribution in [0.5, 0.6) is 11.5 Å². The van der Waals surface area contributed by atoms with E-state index in [9.17, 15) is 4.79 Å². The van der Waals surface area contributed by atoms with Crippen LogP contribution >= 0.6 is 0 Å². The third-order valence-corrected chi connectivity index (χ3v) is 5.17. The Morgan fingerprint density at radius 1 is 1.07 bits per heavy atom. The molecule has 4 rings (SSSR count). The van der Waals surface area contributed by atoms with Crippen LogP contribution in [-0.2, 0) is 4.79 Å². The fourth-order valence-electron chi connectivity index (χ4n) is 4.09. The second kappa shape index (κ2) is 7.61. The zero-order valence-corrected chi connectivity index (χ0v) is 16.0. The van der Waals surface area contributed by atoms with E-state index in [1.54, 1.807) is 0 Å². The Morgan fingerprint density at radius 2 is 1.81 bits per heavy atom. The lowest BCUT2D eigenvalue weighted by atomic mass is 10.0. The van der Waals surface area contributed by atoms with Gasteiger partial charge in [-0.2, -0.15) is 0 Å². The van der Waals surface area contributed by atoms with Crippen molar-refractivity contribution in [2.24, 2.45) is 0 Å². The molecular weight excluding hydrogens is 340 g/mol. The van der Waals surface area contributed by atoms with Crippen molar-refractivity contribution in [1.82, 2.24) is 4.90 Å². The maximum absolute atomic E-state index is 12.6. The van der Waals surface area contributed by atoms with Gasteiger partial charge in [0.15, 0.2) is 11.5 Å². The molecule has 1 amide bonds. The van der Waals surface area contributed by atoms with E-state index in [0.29, 0.717) is 19.8 Å². The monoisotopic (exact) mass is 366 g/mol. The average Bonchev–Trinajstić information content (AvgIpc) is 3.08. The van der Waals surface area contributed by atoms with Crippen LogP contribution in [-0.4, -0.2) is 37.1 Å². The Bertz CT molecular complexity index is 829. The Kier molecular flexibility index (Phi) is 5.03. The molecule has 0 unspecified atom stereocenters. The van der Waals surface area contributed by atoms with Gasteiger partial charge in [0.2, 0.25) is 5.91 Å². The van der Waals surface area contributed by atoms with Crippen molar-refractivity contribution in [2.45, 2.75) is 32.7 Å². The Morgan fingerprint density at radius 3 is 2.59 bits per heavy atom. The van der Waals surface area contributed by atoms with E-state index in [4.69, 9.17) is 9.47 Å². The number of nitrogens with one attached hydrogen (secondary N) is 1. The largest absolute Gasteiger partial charge is 0.486 e. The molecule has 0 saturated carbocycles. The molecule has 1 N–H and O–H groups in total. The van der Waals surface area contributed by atoms with Crippen molar-refractivity contribution < 1.29 is 14.3 Å². The predicted molar refractivity (Wildman–Crippen MR) is 106 cm³/mol. The molecule has 0 spiro atoms. The van der Waals surface area contributed by atoms with Crippen molar-refractivity contribution >= 4 is 11.6 Å². The van der Waals surface area contributed by atoms with Gasteiger partial charge in [0.1, 0.15) is 13.2 Å². The van der Waals surface area contributed by atoms with Crippen LogP contribution in [0.3, 0.4) is 0 Å². The minimum absolute atomic E-state index is 0.0319. The highest BCUT2D eigenvalue weighted by atomic mass is 16.6. The fraction of sp³-hybridized carbons (Fsp3) is 0.409. The van der Waals surface area contributed by atoms with Crippen molar-refractivity contribution in [1.29, 1.82) is 0 Å². The topological polar surface area (TPSA) is 50.8 Å². The highest BCUT2D eigenvalue weighted by molar-refractivity contribution is 5.92. The average molecular weight is 366 g/mol. The van der Waals surface area contributed by atoms with Crippen molar-refractivity contribution in [3.8, 4) is 11.5 Å². The summed E-state index contributed by atoms with van der Waals surface area (Å²) >= 11 is 0. The lowest BCUT2D eigenvalue weighted by molar-refractivity contribution is -0.117. The van der Waals surface area contributed by atoms with Crippen molar-refractivity contribution in [3.63, 3.8) is 0 Å². The second-order valence-electron chi connectivity index (χ2n) is 7.46. The predicted octanol–water partition coefficient (Wildman–Crippen LogP) is 3.85. The Balaban J connectivity index is 1.44. The minimum Gasteiger partial charge on any atom is -0.486 e. The van der Waals surface area contributed by atoms with E-state index in [-0.39, 0.29) is 11.9 Å². The molecule has 2 aromatic rings. The molecule has 2 aliphatic rings. The van der Waals surface area contributed by atoms with Crippen LogP contribution in [0, 0.1) is 13.8 Å². The number of aryl methyl sites for hydroxylation is 2. The Hall–Kier alpha value is -2.53. The maximum atomic E-state index is 12.6. The fourth-order valence-corrected chi connectivity index (χ4v) is 4.09. The molecular formula is C22H26N2O3. The van der Waals surface area contributed by atoms with Crippen LogP contribution in [0.1, 0.15) is 35.6 Å². The molecule has 1 atom stereocenters. The first kappa shape index (κ1) is 17.9. The maximum Gasteiger partial charge on any atom is 0.238 e. The van der Waals surface area contributed by atoms with Crippen LogP contribution in [0.15, 0.2) is 36.4 Å². The molecule has 0 bridgehead atoms. The van der Waals surface area contributed by atoms with Gasteiger partial charge in [-0.15, -0.1) is 0 Å². The zero-order chi connectivity index (χ0) is 18.8. The molecule has 0 radical (unpaired) electrons. The van der Waals surface area contributed by atoms with Crippen LogP contribution in [0.4, 0.5) is 5.69 Å². The number of amides is 1. The third kappa shape index (κ3) is 4.08. The number of carbonyl (C=O) groups is 1. The first-order valence-corrected chi connectivity index (χ1v) is 9.60. The quantitative estimate of drug-likeness (QED) is 0.893. The summed E-state index contributed by atoms with van der Waals surface area (Å²) in [6, 6.07) is 12.5. The van der Waals surface area contributed by atoms with E-state index >= 15 is 0 Å². The first-order valence-electron chi connectivity index (χ1n) is 9.60. The number of rotatable bonds is 4. The highest BCUT2D eigenvalue weighted by Crippen LogP contribution is 2.37. The second-order valence-corrected chi connectivity index (χ2v) is 7.46. The summed E-state index contributed by atoms with van der Waals surface area (Å²) < 4.78 is 11.3. The molecule has 5 nitrogen and oxygen atoms in total. The lowest BCUT2D eigenvalue weighted by Gasteiger charge is -2.26. The number of nitrogens with zero attached hydrogens (tertiary/aromatic N) is 1. The van der Waals surface area contributed by atoms with Gasteiger partial charge in [-0.05, 0) is 74.2 Å². The number of fused-ring (bicyclic) bond motifs is 1. The number of likely N-dealkylation sites (tertiary alicyclic amines) is 1. The molecule has 2 aliphatic heterocycles. The normalized spacial score (nSPS) is 19.1. The van der Waals surface area contributed by atoms with Gasteiger partial charge >= 0.3 is 0 Å². The van der Waals surface area contributed by atoms with Gasteiger partial charge in [-0.1, -0.05) is 12.1 Å². The number of carbonyl (C=O) groups excluding carboxylic acids is 1. The van der Waals surface area contributed by atoms with E-state index in [0.717, 1.165) is 47.7 Å². The molecule has 2 heterocycles. The van der Waals surface area contributed by atoms with Gasteiger partial charge in [0.25, 0.3) is 0 Å². The lowest BCUT2D eigenvalue weighted by Crippen LogP contribution is -2.33. The third-order valence-electron chi connectivity index (χ3n) is 5.17.